The number of rotatable bonds is 7. The molecule has 0 aliphatic heterocycles. The lowest BCUT2D eigenvalue weighted by Gasteiger charge is -2.18. The van der Waals surface area contributed by atoms with Crippen LogP contribution in [0.1, 0.15) is 41.3 Å². The number of amides is 1. The Kier molecular flexibility index (Phi) is 6.62. The third-order valence-corrected chi connectivity index (χ3v) is 5.34. The molecule has 0 radical (unpaired) electrons. The molecule has 0 saturated heterocycles. The number of hydrogen-bond donors (Lipinski definition) is 1. The van der Waals surface area contributed by atoms with Gasteiger partial charge in [-0.05, 0) is 53.8 Å². The molecule has 1 heterocycles. The molecular formula is C25H27N3O2. The molecule has 0 aliphatic rings. The van der Waals surface area contributed by atoms with Crippen LogP contribution in [-0.2, 0) is 11.2 Å². The summed E-state index contributed by atoms with van der Waals surface area (Å²) in [5, 5.41) is 0. The van der Waals surface area contributed by atoms with Gasteiger partial charge in [0.05, 0.1) is 0 Å². The van der Waals surface area contributed by atoms with Crippen LogP contribution < -0.4 is 10.6 Å². The summed E-state index contributed by atoms with van der Waals surface area (Å²) in [4.78, 5) is 30.2. The van der Waals surface area contributed by atoms with Crippen molar-refractivity contribution >= 4 is 23.2 Å². The van der Waals surface area contributed by atoms with Gasteiger partial charge in [0.2, 0.25) is 5.91 Å². The maximum atomic E-state index is 12.6. The average Bonchev–Trinajstić information content (AvgIpc) is 2.77. The summed E-state index contributed by atoms with van der Waals surface area (Å²) < 4.78 is 0. The zero-order valence-corrected chi connectivity index (χ0v) is 17.7. The molecule has 2 aromatic carbocycles. The van der Waals surface area contributed by atoms with Crippen LogP contribution in [0.15, 0.2) is 60.8 Å². The average molecular weight is 402 g/mol. The summed E-state index contributed by atoms with van der Waals surface area (Å²) in [6, 6.07) is 17.4. The first kappa shape index (κ1) is 21.2. The van der Waals surface area contributed by atoms with Gasteiger partial charge in [-0.1, -0.05) is 43.3 Å². The molecule has 5 nitrogen and oxygen atoms in total. The SMILES string of the molecule is CCC(=O)N(C)c1ccc(-c2ccc(C(=O)CCc3cccnc3N)cc2)c(C)c1. The molecule has 5 heteroatoms. The largest absolute Gasteiger partial charge is 0.383 e. The van der Waals surface area contributed by atoms with Crippen LogP contribution in [0.4, 0.5) is 11.5 Å². The van der Waals surface area contributed by atoms with Crippen molar-refractivity contribution in [2.45, 2.75) is 33.1 Å². The van der Waals surface area contributed by atoms with E-state index in [4.69, 9.17) is 5.73 Å². The van der Waals surface area contributed by atoms with E-state index < -0.39 is 0 Å². The van der Waals surface area contributed by atoms with E-state index in [1.54, 1.807) is 18.1 Å². The fourth-order valence-electron chi connectivity index (χ4n) is 3.45. The number of benzene rings is 2. The van der Waals surface area contributed by atoms with Crippen molar-refractivity contribution in [1.82, 2.24) is 4.98 Å². The number of aromatic nitrogens is 1. The van der Waals surface area contributed by atoms with Gasteiger partial charge >= 0.3 is 0 Å². The van der Waals surface area contributed by atoms with Gasteiger partial charge in [0.25, 0.3) is 0 Å². The number of nitrogen functional groups attached to an aromatic ring is 1. The summed E-state index contributed by atoms with van der Waals surface area (Å²) in [6.45, 7) is 3.88. The Balaban J connectivity index is 1.71. The molecule has 0 fully saturated rings. The van der Waals surface area contributed by atoms with Crippen molar-refractivity contribution in [3.8, 4) is 11.1 Å². The van der Waals surface area contributed by atoms with Crippen molar-refractivity contribution in [3.63, 3.8) is 0 Å². The van der Waals surface area contributed by atoms with Crippen molar-refractivity contribution in [2.24, 2.45) is 0 Å². The first-order chi connectivity index (χ1) is 14.4. The Bertz CT molecular complexity index is 1060. The van der Waals surface area contributed by atoms with Crippen LogP contribution >= 0.6 is 0 Å². The number of aryl methyl sites for hydroxylation is 2. The molecule has 0 spiro atoms. The molecule has 30 heavy (non-hydrogen) atoms. The third kappa shape index (κ3) is 4.74. The zero-order valence-electron chi connectivity index (χ0n) is 17.7. The minimum atomic E-state index is 0.0802. The minimum absolute atomic E-state index is 0.0802. The molecule has 0 atom stereocenters. The van der Waals surface area contributed by atoms with Crippen LogP contribution in [0.2, 0.25) is 0 Å². The Morgan fingerprint density at radius 1 is 1.07 bits per heavy atom. The molecule has 3 aromatic rings. The highest BCUT2D eigenvalue weighted by Crippen LogP contribution is 2.28. The number of nitrogens with zero attached hydrogens (tertiary/aromatic N) is 2. The van der Waals surface area contributed by atoms with E-state index in [9.17, 15) is 9.59 Å². The Hall–Kier alpha value is -3.47. The molecule has 3 rings (SSSR count). The molecule has 0 aliphatic carbocycles. The maximum Gasteiger partial charge on any atom is 0.226 e. The number of Topliss-reactive ketones (excluding diaryl/α,β-unsaturated/α-hetero) is 1. The Labute approximate surface area is 177 Å². The topological polar surface area (TPSA) is 76.3 Å². The molecule has 2 N–H and O–H groups in total. The molecule has 0 bridgehead atoms. The fraction of sp³-hybridized carbons (Fsp3) is 0.240. The van der Waals surface area contributed by atoms with E-state index in [-0.39, 0.29) is 11.7 Å². The molecular weight excluding hydrogens is 374 g/mol. The second-order valence-corrected chi connectivity index (χ2v) is 7.35. The number of carbonyl (C=O) groups is 2. The number of carbonyl (C=O) groups excluding carboxylic acids is 2. The van der Waals surface area contributed by atoms with Crippen LogP contribution in [-0.4, -0.2) is 23.7 Å². The number of hydrogen-bond acceptors (Lipinski definition) is 4. The highest BCUT2D eigenvalue weighted by molar-refractivity contribution is 5.97. The zero-order chi connectivity index (χ0) is 21.7. The van der Waals surface area contributed by atoms with Crippen LogP contribution in [0.25, 0.3) is 11.1 Å². The lowest BCUT2D eigenvalue weighted by Crippen LogP contribution is -2.25. The van der Waals surface area contributed by atoms with Gasteiger partial charge in [-0.25, -0.2) is 4.98 Å². The van der Waals surface area contributed by atoms with Gasteiger partial charge in [0.1, 0.15) is 5.82 Å². The lowest BCUT2D eigenvalue weighted by molar-refractivity contribution is -0.118. The third-order valence-electron chi connectivity index (χ3n) is 5.34. The molecule has 1 aromatic heterocycles. The van der Waals surface area contributed by atoms with Crippen molar-refractivity contribution in [2.75, 3.05) is 17.7 Å². The van der Waals surface area contributed by atoms with Crippen LogP contribution in [0.3, 0.4) is 0 Å². The van der Waals surface area contributed by atoms with Gasteiger partial charge in [0, 0.05) is 37.3 Å². The molecule has 154 valence electrons. The van der Waals surface area contributed by atoms with Gasteiger partial charge in [0.15, 0.2) is 5.78 Å². The monoisotopic (exact) mass is 401 g/mol. The number of ketones is 1. The first-order valence-electron chi connectivity index (χ1n) is 10.1. The van der Waals surface area contributed by atoms with E-state index in [1.165, 1.54) is 0 Å². The van der Waals surface area contributed by atoms with E-state index >= 15 is 0 Å². The molecule has 0 saturated carbocycles. The van der Waals surface area contributed by atoms with E-state index in [0.717, 1.165) is 27.9 Å². The lowest BCUT2D eigenvalue weighted by atomic mass is 9.97. The summed E-state index contributed by atoms with van der Waals surface area (Å²) in [6.07, 6.45) is 3.08. The molecule has 1 amide bonds. The fourth-order valence-corrected chi connectivity index (χ4v) is 3.45. The molecule has 0 unspecified atom stereocenters. The maximum absolute atomic E-state index is 12.6. The quantitative estimate of drug-likeness (QED) is 0.576. The summed E-state index contributed by atoms with van der Waals surface area (Å²) in [7, 11) is 1.79. The number of anilines is 2. The highest BCUT2D eigenvalue weighted by Gasteiger charge is 2.12. The highest BCUT2D eigenvalue weighted by atomic mass is 16.2. The van der Waals surface area contributed by atoms with Gasteiger partial charge in [-0.3, -0.25) is 9.59 Å². The van der Waals surface area contributed by atoms with Gasteiger partial charge in [-0.15, -0.1) is 0 Å². The van der Waals surface area contributed by atoms with Crippen LogP contribution in [0, 0.1) is 6.92 Å². The van der Waals surface area contributed by atoms with E-state index in [1.807, 2.05) is 68.4 Å². The standard InChI is InChI=1S/C25H27N3O2/c1-4-24(30)28(3)21-12-13-22(17(2)16-21)18-7-9-19(10-8-18)23(29)14-11-20-6-5-15-27-25(20)26/h5-10,12-13,15-16H,4,11,14H2,1-3H3,(H2,26,27). The van der Waals surface area contributed by atoms with Gasteiger partial charge < -0.3 is 10.6 Å². The predicted octanol–water partition coefficient (Wildman–Crippen LogP) is 4.83. The van der Waals surface area contributed by atoms with Crippen molar-refractivity contribution in [3.05, 3.63) is 77.5 Å². The number of pyridine rings is 1. The minimum Gasteiger partial charge on any atom is -0.383 e. The smallest absolute Gasteiger partial charge is 0.226 e. The van der Waals surface area contributed by atoms with Gasteiger partial charge in [-0.2, -0.15) is 0 Å². The summed E-state index contributed by atoms with van der Waals surface area (Å²) >= 11 is 0. The first-order valence-corrected chi connectivity index (χ1v) is 10.1. The number of nitrogens with two attached hydrogens (primary N) is 1. The Morgan fingerprint density at radius 3 is 2.43 bits per heavy atom. The Morgan fingerprint density at radius 2 is 1.80 bits per heavy atom. The normalized spacial score (nSPS) is 10.6. The van der Waals surface area contributed by atoms with Crippen LogP contribution in [0.5, 0.6) is 0 Å². The second kappa shape index (κ2) is 9.35. The summed E-state index contributed by atoms with van der Waals surface area (Å²) in [5.74, 6) is 0.639. The van der Waals surface area contributed by atoms with Crippen molar-refractivity contribution in [1.29, 1.82) is 0 Å². The predicted molar refractivity (Wildman–Crippen MR) is 122 cm³/mol. The van der Waals surface area contributed by atoms with E-state index in [0.29, 0.717) is 30.6 Å². The second-order valence-electron chi connectivity index (χ2n) is 7.35. The van der Waals surface area contributed by atoms with E-state index in [2.05, 4.69) is 4.98 Å². The van der Waals surface area contributed by atoms with Crippen molar-refractivity contribution < 1.29 is 9.59 Å². The summed E-state index contributed by atoms with van der Waals surface area (Å²) in [5.41, 5.74) is 11.5.